The molecule has 2 aromatic carbocycles. The van der Waals surface area contributed by atoms with Crippen LogP contribution in [-0.2, 0) is 14.3 Å². The Hall–Kier alpha value is -3.59. The molecule has 0 spiro atoms. The van der Waals surface area contributed by atoms with Crippen molar-refractivity contribution in [3.63, 3.8) is 0 Å². The summed E-state index contributed by atoms with van der Waals surface area (Å²) in [6, 6.07) is 13.1. The molecule has 0 unspecified atom stereocenters. The fourth-order valence-electron chi connectivity index (χ4n) is 4.97. The third-order valence-electron chi connectivity index (χ3n) is 6.95. The van der Waals surface area contributed by atoms with E-state index in [1.807, 2.05) is 49.4 Å². The number of benzene rings is 2. The summed E-state index contributed by atoms with van der Waals surface area (Å²) in [4.78, 5) is 27.8. The van der Waals surface area contributed by atoms with Gasteiger partial charge in [-0.25, -0.2) is 5.01 Å². The highest BCUT2D eigenvalue weighted by Crippen LogP contribution is 2.39. The zero-order valence-electron chi connectivity index (χ0n) is 21.9. The fourth-order valence-corrected chi connectivity index (χ4v) is 4.97. The SMILES string of the molecule is CCOC(=O)C1CCN(CC(=O)N2N=C(c3ccc(OC)c(OC)c3)C[C@@H]2c2ccccc2OC)CC1. The molecule has 9 nitrogen and oxygen atoms in total. The molecule has 2 aliphatic rings. The van der Waals surface area contributed by atoms with Gasteiger partial charge in [-0.05, 0) is 57.1 Å². The quantitative estimate of drug-likeness (QED) is 0.477. The van der Waals surface area contributed by atoms with Crippen LogP contribution in [0.15, 0.2) is 47.6 Å². The van der Waals surface area contributed by atoms with E-state index in [0.29, 0.717) is 56.2 Å². The van der Waals surface area contributed by atoms with Gasteiger partial charge in [0, 0.05) is 17.5 Å². The monoisotopic (exact) mass is 509 g/mol. The van der Waals surface area contributed by atoms with E-state index in [1.165, 1.54) is 0 Å². The zero-order chi connectivity index (χ0) is 26.4. The van der Waals surface area contributed by atoms with Crippen LogP contribution in [0.5, 0.6) is 17.2 Å². The summed E-state index contributed by atoms with van der Waals surface area (Å²) in [5.74, 6) is 1.60. The van der Waals surface area contributed by atoms with Gasteiger partial charge in [0.1, 0.15) is 5.75 Å². The van der Waals surface area contributed by atoms with Gasteiger partial charge in [0.05, 0.1) is 52.2 Å². The summed E-state index contributed by atoms with van der Waals surface area (Å²) in [6.45, 7) is 3.75. The molecule has 1 atom stereocenters. The number of likely N-dealkylation sites (tertiary alicyclic amines) is 1. The molecule has 0 aromatic heterocycles. The average molecular weight is 510 g/mol. The van der Waals surface area contributed by atoms with E-state index in [1.54, 1.807) is 26.3 Å². The van der Waals surface area contributed by atoms with Crippen LogP contribution in [0.2, 0.25) is 0 Å². The van der Waals surface area contributed by atoms with Crippen LogP contribution in [0, 0.1) is 5.92 Å². The highest BCUT2D eigenvalue weighted by molar-refractivity contribution is 6.03. The maximum Gasteiger partial charge on any atom is 0.309 e. The van der Waals surface area contributed by atoms with E-state index in [9.17, 15) is 9.59 Å². The Labute approximate surface area is 217 Å². The topological polar surface area (TPSA) is 89.9 Å². The predicted octanol–water partition coefficient (Wildman–Crippen LogP) is 3.67. The van der Waals surface area contributed by atoms with Crippen LogP contribution in [0.4, 0.5) is 0 Å². The summed E-state index contributed by atoms with van der Waals surface area (Å²) in [6.07, 6.45) is 1.90. The van der Waals surface area contributed by atoms with Crippen molar-refractivity contribution in [2.24, 2.45) is 11.0 Å². The summed E-state index contributed by atoms with van der Waals surface area (Å²) in [7, 11) is 4.82. The number of esters is 1. The Morgan fingerprint density at radius 1 is 0.946 bits per heavy atom. The normalized spacial score (nSPS) is 18.3. The van der Waals surface area contributed by atoms with Crippen molar-refractivity contribution in [3.8, 4) is 17.2 Å². The van der Waals surface area contributed by atoms with Crippen LogP contribution in [0.3, 0.4) is 0 Å². The van der Waals surface area contributed by atoms with E-state index >= 15 is 0 Å². The predicted molar refractivity (Wildman–Crippen MR) is 139 cm³/mol. The first kappa shape index (κ1) is 26.5. The fraction of sp³-hybridized carbons (Fsp3) is 0.464. The van der Waals surface area contributed by atoms with Crippen molar-refractivity contribution in [3.05, 3.63) is 53.6 Å². The number of para-hydroxylation sites is 1. The van der Waals surface area contributed by atoms with Crippen molar-refractivity contribution >= 4 is 17.6 Å². The summed E-state index contributed by atoms with van der Waals surface area (Å²) in [5, 5.41) is 6.39. The third-order valence-corrected chi connectivity index (χ3v) is 6.95. The largest absolute Gasteiger partial charge is 0.496 e. The maximum atomic E-state index is 13.6. The van der Waals surface area contributed by atoms with Crippen molar-refractivity contribution < 1.29 is 28.5 Å². The van der Waals surface area contributed by atoms with Crippen LogP contribution >= 0.6 is 0 Å². The van der Waals surface area contributed by atoms with Gasteiger partial charge in [-0.2, -0.15) is 5.10 Å². The molecule has 1 fully saturated rings. The number of carbonyl (C=O) groups is 2. The van der Waals surface area contributed by atoms with Gasteiger partial charge >= 0.3 is 5.97 Å². The minimum Gasteiger partial charge on any atom is -0.496 e. The second-order valence-corrected chi connectivity index (χ2v) is 9.12. The molecular weight excluding hydrogens is 474 g/mol. The second kappa shape index (κ2) is 12.1. The minimum atomic E-state index is -0.302. The molecule has 2 heterocycles. The standard InChI is InChI=1S/C28H35N3O6/c1-5-37-28(33)19-12-14-30(15-13-19)18-27(32)31-23(21-8-6-7-9-24(21)34-2)17-22(29-31)20-10-11-25(35-3)26(16-20)36-4/h6-11,16,19,23H,5,12-15,17-18H2,1-4H3/t23-/m1/s1. The smallest absolute Gasteiger partial charge is 0.309 e. The minimum absolute atomic E-state index is 0.0963. The Balaban J connectivity index is 1.56. The van der Waals surface area contributed by atoms with Crippen molar-refractivity contribution in [1.82, 2.24) is 9.91 Å². The zero-order valence-corrected chi connectivity index (χ0v) is 21.9. The number of amides is 1. The lowest BCUT2D eigenvalue weighted by Crippen LogP contribution is -2.43. The summed E-state index contributed by atoms with van der Waals surface area (Å²) >= 11 is 0. The lowest BCUT2D eigenvalue weighted by molar-refractivity contribution is -0.149. The molecule has 2 aromatic rings. The number of rotatable bonds is 9. The number of hydrogen-bond acceptors (Lipinski definition) is 8. The third kappa shape index (κ3) is 5.88. The Morgan fingerprint density at radius 3 is 2.32 bits per heavy atom. The highest BCUT2D eigenvalue weighted by Gasteiger charge is 2.36. The van der Waals surface area contributed by atoms with Crippen molar-refractivity contribution in [2.75, 3.05) is 47.6 Å². The number of nitrogens with zero attached hydrogens (tertiary/aromatic N) is 3. The Morgan fingerprint density at radius 2 is 1.65 bits per heavy atom. The van der Waals surface area contributed by atoms with Crippen LogP contribution in [-0.4, -0.2) is 75.1 Å². The first-order valence-corrected chi connectivity index (χ1v) is 12.6. The lowest BCUT2D eigenvalue weighted by atomic mass is 9.96. The molecule has 1 amide bonds. The van der Waals surface area contributed by atoms with Gasteiger partial charge in [-0.1, -0.05) is 18.2 Å². The average Bonchev–Trinajstić information content (AvgIpc) is 3.38. The molecule has 37 heavy (non-hydrogen) atoms. The van der Waals surface area contributed by atoms with E-state index in [0.717, 1.165) is 16.8 Å². The van der Waals surface area contributed by atoms with Gasteiger partial charge < -0.3 is 18.9 Å². The Kier molecular flexibility index (Phi) is 8.66. The lowest BCUT2D eigenvalue weighted by Gasteiger charge is -2.32. The number of methoxy groups -OCH3 is 3. The molecule has 4 rings (SSSR count). The molecule has 0 N–H and O–H groups in total. The second-order valence-electron chi connectivity index (χ2n) is 9.12. The molecule has 0 aliphatic carbocycles. The van der Waals surface area contributed by atoms with Gasteiger partial charge in [0.2, 0.25) is 0 Å². The maximum absolute atomic E-state index is 13.6. The van der Waals surface area contributed by atoms with E-state index < -0.39 is 0 Å². The van der Waals surface area contributed by atoms with Crippen molar-refractivity contribution in [2.45, 2.75) is 32.2 Å². The van der Waals surface area contributed by atoms with Crippen LogP contribution in [0.1, 0.15) is 43.4 Å². The number of ether oxygens (including phenoxy) is 4. The number of piperidine rings is 1. The van der Waals surface area contributed by atoms with Gasteiger partial charge in [-0.3, -0.25) is 14.5 Å². The molecule has 0 radical (unpaired) electrons. The van der Waals surface area contributed by atoms with Gasteiger partial charge in [-0.15, -0.1) is 0 Å². The molecular formula is C28H35N3O6. The molecule has 1 saturated heterocycles. The number of hydrazone groups is 1. The van der Waals surface area contributed by atoms with E-state index in [4.69, 9.17) is 24.0 Å². The first-order chi connectivity index (χ1) is 18.0. The molecule has 9 heteroatoms. The molecule has 2 aliphatic heterocycles. The number of carbonyl (C=O) groups excluding carboxylic acids is 2. The summed E-state index contributed by atoms with van der Waals surface area (Å²) in [5.41, 5.74) is 2.55. The highest BCUT2D eigenvalue weighted by atomic mass is 16.5. The van der Waals surface area contributed by atoms with E-state index in [-0.39, 0.29) is 30.4 Å². The van der Waals surface area contributed by atoms with Gasteiger partial charge in [0.25, 0.3) is 5.91 Å². The molecule has 0 saturated carbocycles. The summed E-state index contributed by atoms with van der Waals surface area (Å²) < 4.78 is 21.6. The molecule has 0 bridgehead atoms. The Bertz CT molecular complexity index is 1140. The van der Waals surface area contributed by atoms with Gasteiger partial charge in [0.15, 0.2) is 11.5 Å². The van der Waals surface area contributed by atoms with Crippen LogP contribution in [0.25, 0.3) is 0 Å². The van der Waals surface area contributed by atoms with E-state index in [2.05, 4.69) is 4.90 Å². The number of hydrogen-bond donors (Lipinski definition) is 0. The first-order valence-electron chi connectivity index (χ1n) is 12.6. The van der Waals surface area contributed by atoms with Crippen LogP contribution < -0.4 is 14.2 Å². The van der Waals surface area contributed by atoms with Crippen molar-refractivity contribution in [1.29, 1.82) is 0 Å². The molecule has 198 valence electrons.